The van der Waals surface area contributed by atoms with Crippen LogP contribution in [0.4, 0.5) is 0 Å². The van der Waals surface area contributed by atoms with E-state index in [9.17, 15) is 9.59 Å². The Morgan fingerprint density at radius 3 is 2.28 bits per heavy atom. The summed E-state index contributed by atoms with van der Waals surface area (Å²) in [6.07, 6.45) is 1.19. The van der Waals surface area contributed by atoms with Crippen LogP contribution in [0.2, 0.25) is 0 Å². The van der Waals surface area contributed by atoms with Gasteiger partial charge < -0.3 is 19.7 Å². The summed E-state index contributed by atoms with van der Waals surface area (Å²) in [7, 11) is 1.61. The van der Waals surface area contributed by atoms with Crippen molar-refractivity contribution in [3.63, 3.8) is 0 Å². The molecule has 0 aliphatic heterocycles. The Labute approximate surface area is 214 Å². The first kappa shape index (κ1) is 26.8. The monoisotopic (exact) mass is 488 g/mol. The van der Waals surface area contributed by atoms with Crippen LogP contribution in [0.3, 0.4) is 0 Å². The van der Waals surface area contributed by atoms with Crippen LogP contribution >= 0.6 is 0 Å². The fourth-order valence-corrected chi connectivity index (χ4v) is 3.83. The van der Waals surface area contributed by atoms with Crippen molar-refractivity contribution in [2.75, 3.05) is 13.7 Å². The molecule has 3 rings (SSSR count). The third-order valence-electron chi connectivity index (χ3n) is 6.14. The van der Waals surface area contributed by atoms with Gasteiger partial charge in [-0.1, -0.05) is 67.1 Å². The molecule has 6 nitrogen and oxygen atoms in total. The van der Waals surface area contributed by atoms with Gasteiger partial charge in [-0.2, -0.15) is 0 Å². The van der Waals surface area contributed by atoms with E-state index in [0.29, 0.717) is 17.9 Å². The van der Waals surface area contributed by atoms with Crippen LogP contribution in [0.25, 0.3) is 0 Å². The number of hydrogen-bond donors (Lipinski definition) is 1. The highest BCUT2D eigenvalue weighted by Crippen LogP contribution is 2.19. The number of rotatable bonds is 12. The number of nitrogens with zero attached hydrogens (tertiary/aromatic N) is 1. The zero-order chi connectivity index (χ0) is 25.9. The van der Waals surface area contributed by atoms with E-state index in [1.807, 2.05) is 99.6 Å². The highest BCUT2D eigenvalue weighted by atomic mass is 16.5. The molecule has 0 bridgehead atoms. The van der Waals surface area contributed by atoms with Gasteiger partial charge in [-0.05, 0) is 55.7 Å². The van der Waals surface area contributed by atoms with Crippen LogP contribution in [0.5, 0.6) is 11.5 Å². The zero-order valence-corrected chi connectivity index (χ0v) is 21.6. The fraction of sp³-hybridized carbons (Fsp3) is 0.333. The second kappa shape index (κ2) is 13.3. The molecule has 6 heteroatoms. The van der Waals surface area contributed by atoms with Crippen LogP contribution in [0, 0.1) is 6.92 Å². The van der Waals surface area contributed by atoms with Crippen LogP contribution in [-0.4, -0.2) is 42.5 Å². The number of nitrogens with one attached hydrogen (secondary N) is 1. The minimum absolute atomic E-state index is 0.00615. The van der Waals surface area contributed by atoms with Crippen molar-refractivity contribution >= 4 is 11.8 Å². The van der Waals surface area contributed by atoms with Gasteiger partial charge in [0.2, 0.25) is 5.91 Å². The molecule has 0 saturated heterocycles. The third-order valence-corrected chi connectivity index (χ3v) is 6.14. The molecule has 0 radical (unpaired) electrons. The lowest BCUT2D eigenvalue weighted by molar-refractivity contribution is -0.143. The van der Waals surface area contributed by atoms with E-state index in [0.717, 1.165) is 23.1 Å². The normalized spacial score (nSPS) is 12.3. The number of methoxy groups -OCH3 is 1. The van der Waals surface area contributed by atoms with Crippen molar-refractivity contribution in [1.82, 2.24) is 10.2 Å². The lowest BCUT2D eigenvalue weighted by Crippen LogP contribution is -2.53. The summed E-state index contributed by atoms with van der Waals surface area (Å²) in [6.45, 7) is 6.06. The van der Waals surface area contributed by atoms with Crippen molar-refractivity contribution in [2.24, 2.45) is 0 Å². The summed E-state index contributed by atoms with van der Waals surface area (Å²) in [5.74, 6) is 0.858. The smallest absolute Gasteiger partial charge is 0.261 e. The predicted octanol–water partition coefficient (Wildman–Crippen LogP) is 4.94. The van der Waals surface area contributed by atoms with E-state index >= 15 is 0 Å². The second-order valence-electron chi connectivity index (χ2n) is 9.00. The van der Waals surface area contributed by atoms with Gasteiger partial charge in [-0.3, -0.25) is 9.59 Å². The van der Waals surface area contributed by atoms with E-state index in [4.69, 9.17) is 9.47 Å². The van der Waals surface area contributed by atoms with Crippen molar-refractivity contribution in [1.29, 1.82) is 0 Å². The number of ether oxygens (including phenoxy) is 2. The molecule has 36 heavy (non-hydrogen) atoms. The highest BCUT2D eigenvalue weighted by Gasteiger charge is 2.31. The molecular formula is C30H36N2O4. The Balaban J connectivity index is 1.92. The fourth-order valence-electron chi connectivity index (χ4n) is 3.83. The predicted molar refractivity (Wildman–Crippen MR) is 142 cm³/mol. The first-order valence-corrected chi connectivity index (χ1v) is 12.4. The molecule has 0 fully saturated rings. The average molecular weight is 489 g/mol. The minimum atomic E-state index is -0.707. The van der Waals surface area contributed by atoms with Gasteiger partial charge in [0.15, 0.2) is 6.61 Å². The van der Waals surface area contributed by atoms with Gasteiger partial charge in [0.1, 0.15) is 17.5 Å². The minimum Gasteiger partial charge on any atom is -0.497 e. The third kappa shape index (κ3) is 7.87. The van der Waals surface area contributed by atoms with Gasteiger partial charge >= 0.3 is 0 Å². The summed E-state index contributed by atoms with van der Waals surface area (Å²) in [5, 5.41) is 3.08. The summed E-state index contributed by atoms with van der Waals surface area (Å²) in [6, 6.07) is 24.1. The van der Waals surface area contributed by atoms with Gasteiger partial charge in [0.05, 0.1) is 7.11 Å². The number of amides is 2. The van der Waals surface area contributed by atoms with E-state index in [1.165, 1.54) is 0 Å². The van der Waals surface area contributed by atoms with Crippen molar-refractivity contribution in [3.05, 3.63) is 95.6 Å². The molecule has 190 valence electrons. The molecule has 2 amide bonds. The molecule has 0 spiro atoms. The lowest BCUT2D eigenvalue weighted by Gasteiger charge is -2.32. The molecule has 0 saturated carbocycles. The molecule has 3 aromatic carbocycles. The molecule has 0 aliphatic carbocycles. The first-order valence-electron chi connectivity index (χ1n) is 12.4. The maximum atomic E-state index is 13.6. The van der Waals surface area contributed by atoms with Gasteiger partial charge in [-0.25, -0.2) is 0 Å². The Hall–Kier alpha value is -3.80. The Morgan fingerprint density at radius 2 is 1.61 bits per heavy atom. The topological polar surface area (TPSA) is 67.9 Å². The van der Waals surface area contributed by atoms with Crippen LogP contribution in [0.1, 0.15) is 37.0 Å². The zero-order valence-electron chi connectivity index (χ0n) is 21.6. The number of hydrogen-bond acceptors (Lipinski definition) is 4. The summed E-state index contributed by atoms with van der Waals surface area (Å²) >= 11 is 0. The quantitative estimate of drug-likeness (QED) is 0.392. The highest BCUT2D eigenvalue weighted by molar-refractivity contribution is 5.88. The molecule has 2 atom stereocenters. The molecule has 0 aliphatic rings. The maximum absolute atomic E-state index is 13.6. The number of carbonyl (C=O) groups is 2. The van der Waals surface area contributed by atoms with Gasteiger partial charge in [0, 0.05) is 19.0 Å². The van der Waals surface area contributed by atoms with Crippen molar-refractivity contribution in [2.45, 2.75) is 52.2 Å². The molecule has 1 N–H and O–H groups in total. The summed E-state index contributed by atoms with van der Waals surface area (Å²) in [5.41, 5.74) is 2.95. The van der Waals surface area contributed by atoms with E-state index in [-0.39, 0.29) is 31.0 Å². The number of carbonyl (C=O) groups excluding carboxylic acids is 2. The van der Waals surface area contributed by atoms with Crippen LogP contribution < -0.4 is 14.8 Å². The number of aryl methyl sites for hydroxylation is 1. The SMILES string of the molecule is CC[C@H](C)NC(=O)[C@H](Cc1ccccc1)N(Cc1cccc(OC)c1)C(=O)COc1ccc(C)cc1. The largest absolute Gasteiger partial charge is 0.497 e. The van der Waals surface area contributed by atoms with Crippen LogP contribution in [0.15, 0.2) is 78.9 Å². The summed E-state index contributed by atoms with van der Waals surface area (Å²) in [4.78, 5) is 28.8. The molecule has 0 heterocycles. The van der Waals surface area contributed by atoms with E-state index in [1.54, 1.807) is 12.0 Å². The number of benzene rings is 3. The molecule has 0 unspecified atom stereocenters. The Morgan fingerprint density at radius 1 is 0.917 bits per heavy atom. The Kier molecular flexibility index (Phi) is 9.92. The lowest BCUT2D eigenvalue weighted by atomic mass is 10.0. The molecule has 3 aromatic rings. The Bertz CT molecular complexity index is 1120. The maximum Gasteiger partial charge on any atom is 0.261 e. The standard InChI is InChI=1S/C30H36N2O4/c1-5-23(3)31-30(34)28(19-24-10-7-6-8-11-24)32(20-25-12-9-13-27(18-25)35-4)29(33)21-36-26-16-14-22(2)15-17-26/h6-18,23,28H,5,19-21H2,1-4H3,(H,31,34)/t23-,28-/m0/s1. The van der Waals surface area contributed by atoms with E-state index < -0.39 is 6.04 Å². The van der Waals surface area contributed by atoms with Crippen molar-refractivity contribution in [3.8, 4) is 11.5 Å². The van der Waals surface area contributed by atoms with Gasteiger partial charge in [0.25, 0.3) is 5.91 Å². The van der Waals surface area contributed by atoms with Crippen LogP contribution in [-0.2, 0) is 22.6 Å². The first-order chi connectivity index (χ1) is 17.4. The average Bonchev–Trinajstić information content (AvgIpc) is 2.90. The molecule has 0 aromatic heterocycles. The second-order valence-corrected chi connectivity index (χ2v) is 9.00. The van der Waals surface area contributed by atoms with Gasteiger partial charge in [-0.15, -0.1) is 0 Å². The summed E-state index contributed by atoms with van der Waals surface area (Å²) < 4.78 is 11.2. The molecular weight excluding hydrogens is 452 g/mol. The van der Waals surface area contributed by atoms with E-state index in [2.05, 4.69) is 5.32 Å². The van der Waals surface area contributed by atoms with Crippen molar-refractivity contribution < 1.29 is 19.1 Å².